The van der Waals surface area contributed by atoms with Crippen molar-refractivity contribution in [1.82, 2.24) is 5.32 Å². The van der Waals surface area contributed by atoms with Crippen LogP contribution in [0.5, 0.6) is 0 Å². The number of sulfone groups is 1. The summed E-state index contributed by atoms with van der Waals surface area (Å²) < 4.78 is 23.1. The Bertz CT molecular complexity index is 590. The summed E-state index contributed by atoms with van der Waals surface area (Å²) in [6.07, 6.45) is 0. The molecule has 20 heavy (non-hydrogen) atoms. The normalized spacial score (nSPS) is 11.3. The maximum absolute atomic E-state index is 11.5. The lowest BCUT2D eigenvalue weighted by atomic mass is 10.1. The Labute approximate surface area is 117 Å². The molecule has 0 radical (unpaired) electrons. The fourth-order valence-corrected chi connectivity index (χ4v) is 2.17. The SMILES string of the molecule is CC(C)S(=O)(=O)CC(=O)NCc1ccc(C(=O)O)cc1. The number of benzene rings is 1. The summed E-state index contributed by atoms with van der Waals surface area (Å²) in [5, 5.41) is 10.6. The van der Waals surface area contributed by atoms with Crippen LogP contribution in [0, 0.1) is 0 Å². The first-order valence-corrected chi connectivity index (χ1v) is 7.74. The molecule has 1 amide bonds. The van der Waals surface area contributed by atoms with Gasteiger partial charge in [0.15, 0.2) is 9.84 Å². The lowest BCUT2D eigenvalue weighted by Crippen LogP contribution is -2.32. The van der Waals surface area contributed by atoms with Crippen molar-refractivity contribution in [1.29, 1.82) is 0 Å². The largest absolute Gasteiger partial charge is 0.478 e. The van der Waals surface area contributed by atoms with E-state index in [1.54, 1.807) is 12.1 Å². The summed E-state index contributed by atoms with van der Waals surface area (Å²) in [5.74, 6) is -2.14. The van der Waals surface area contributed by atoms with E-state index in [-0.39, 0.29) is 12.1 Å². The summed E-state index contributed by atoms with van der Waals surface area (Å²) in [5.41, 5.74) is 0.854. The minimum absolute atomic E-state index is 0.155. The third kappa shape index (κ3) is 4.65. The van der Waals surface area contributed by atoms with E-state index in [9.17, 15) is 18.0 Å². The quantitative estimate of drug-likeness (QED) is 0.810. The fourth-order valence-electron chi connectivity index (χ4n) is 1.37. The van der Waals surface area contributed by atoms with Gasteiger partial charge in [0.25, 0.3) is 0 Å². The molecule has 0 atom stereocenters. The highest BCUT2D eigenvalue weighted by Gasteiger charge is 2.20. The summed E-state index contributed by atoms with van der Waals surface area (Å²) in [7, 11) is -3.41. The molecule has 110 valence electrons. The molecule has 0 unspecified atom stereocenters. The summed E-state index contributed by atoms with van der Waals surface area (Å²) in [6.45, 7) is 3.20. The monoisotopic (exact) mass is 299 g/mol. The fraction of sp³-hybridized carbons (Fsp3) is 0.385. The maximum atomic E-state index is 11.5. The van der Waals surface area contributed by atoms with Crippen LogP contribution in [0.15, 0.2) is 24.3 Å². The molecule has 0 heterocycles. The average Bonchev–Trinajstić information content (AvgIpc) is 2.36. The molecule has 0 saturated carbocycles. The minimum Gasteiger partial charge on any atom is -0.478 e. The Morgan fingerprint density at radius 2 is 1.75 bits per heavy atom. The second-order valence-corrected chi connectivity index (χ2v) is 7.19. The molecule has 1 rings (SSSR count). The van der Waals surface area contributed by atoms with E-state index in [0.29, 0.717) is 5.56 Å². The van der Waals surface area contributed by atoms with Crippen molar-refractivity contribution < 1.29 is 23.1 Å². The number of hydrogen-bond acceptors (Lipinski definition) is 4. The first-order valence-electron chi connectivity index (χ1n) is 6.03. The van der Waals surface area contributed by atoms with Crippen molar-refractivity contribution in [2.45, 2.75) is 25.6 Å². The number of carbonyl (C=O) groups is 2. The van der Waals surface area contributed by atoms with E-state index >= 15 is 0 Å². The van der Waals surface area contributed by atoms with Crippen LogP contribution in [0.1, 0.15) is 29.8 Å². The Kier molecular flexibility index (Phi) is 5.26. The van der Waals surface area contributed by atoms with Gasteiger partial charge in [-0.2, -0.15) is 0 Å². The lowest BCUT2D eigenvalue weighted by molar-refractivity contribution is -0.118. The first kappa shape index (κ1) is 16.2. The zero-order chi connectivity index (χ0) is 15.3. The molecule has 0 aromatic heterocycles. The molecule has 0 aliphatic heterocycles. The van der Waals surface area contributed by atoms with E-state index in [1.807, 2.05) is 0 Å². The van der Waals surface area contributed by atoms with Gasteiger partial charge in [-0.05, 0) is 31.5 Å². The molecule has 0 bridgehead atoms. The van der Waals surface area contributed by atoms with Crippen LogP contribution in [0.25, 0.3) is 0 Å². The van der Waals surface area contributed by atoms with Crippen molar-refractivity contribution in [3.05, 3.63) is 35.4 Å². The number of rotatable bonds is 6. The van der Waals surface area contributed by atoms with E-state index in [2.05, 4.69) is 5.32 Å². The van der Waals surface area contributed by atoms with Crippen LogP contribution in [-0.4, -0.2) is 36.4 Å². The van der Waals surface area contributed by atoms with Gasteiger partial charge in [0.2, 0.25) is 5.91 Å². The van der Waals surface area contributed by atoms with E-state index < -0.39 is 32.7 Å². The molecule has 1 aromatic rings. The molecule has 6 nitrogen and oxygen atoms in total. The Morgan fingerprint density at radius 1 is 1.20 bits per heavy atom. The number of carboxylic acid groups (broad SMARTS) is 1. The summed E-state index contributed by atoms with van der Waals surface area (Å²) in [6, 6.07) is 5.99. The van der Waals surface area contributed by atoms with Crippen LogP contribution in [0.4, 0.5) is 0 Å². The number of carboxylic acids is 1. The van der Waals surface area contributed by atoms with Crippen molar-refractivity contribution in [2.24, 2.45) is 0 Å². The van der Waals surface area contributed by atoms with Crippen LogP contribution in [-0.2, 0) is 21.2 Å². The Hall–Kier alpha value is -1.89. The van der Waals surface area contributed by atoms with E-state index in [0.717, 1.165) is 0 Å². The van der Waals surface area contributed by atoms with E-state index in [1.165, 1.54) is 26.0 Å². The number of nitrogens with one attached hydrogen (secondary N) is 1. The molecule has 1 aromatic carbocycles. The average molecular weight is 299 g/mol. The molecule has 0 aliphatic rings. The van der Waals surface area contributed by atoms with Gasteiger partial charge in [-0.25, -0.2) is 13.2 Å². The summed E-state index contributed by atoms with van der Waals surface area (Å²) >= 11 is 0. The topological polar surface area (TPSA) is 101 Å². The second kappa shape index (κ2) is 6.51. The molecule has 7 heteroatoms. The standard InChI is InChI=1S/C13H17NO5S/c1-9(2)20(18,19)8-12(15)14-7-10-3-5-11(6-4-10)13(16)17/h3-6,9H,7-8H2,1-2H3,(H,14,15)(H,16,17). The third-order valence-electron chi connectivity index (χ3n) is 2.74. The van der Waals surface area contributed by atoms with Gasteiger partial charge in [0.1, 0.15) is 5.75 Å². The third-order valence-corrected chi connectivity index (χ3v) is 4.84. The number of carbonyl (C=O) groups excluding carboxylic acids is 1. The Morgan fingerprint density at radius 3 is 2.20 bits per heavy atom. The van der Waals surface area contributed by atoms with Crippen LogP contribution >= 0.6 is 0 Å². The first-order chi connectivity index (χ1) is 9.22. The van der Waals surface area contributed by atoms with Gasteiger partial charge in [0, 0.05) is 6.54 Å². The smallest absolute Gasteiger partial charge is 0.335 e. The van der Waals surface area contributed by atoms with Gasteiger partial charge in [-0.15, -0.1) is 0 Å². The highest BCUT2D eigenvalue weighted by molar-refractivity contribution is 7.92. The predicted octanol–water partition coefficient (Wildman–Crippen LogP) is 0.824. The lowest BCUT2D eigenvalue weighted by Gasteiger charge is -2.08. The highest BCUT2D eigenvalue weighted by atomic mass is 32.2. The van der Waals surface area contributed by atoms with Crippen LogP contribution in [0.2, 0.25) is 0 Å². The van der Waals surface area contributed by atoms with Crippen LogP contribution in [0.3, 0.4) is 0 Å². The van der Waals surface area contributed by atoms with Gasteiger partial charge in [-0.1, -0.05) is 12.1 Å². The molecular formula is C13H17NO5S. The van der Waals surface area contributed by atoms with Gasteiger partial charge in [0.05, 0.1) is 10.8 Å². The highest BCUT2D eigenvalue weighted by Crippen LogP contribution is 2.05. The van der Waals surface area contributed by atoms with E-state index in [4.69, 9.17) is 5.11 Å². The molecule has 0 spiro atoms. The zero-order valence-electron chi connectivity index (χ0n) is 11.3. The van der Waals surface area contributed by atoms with Gasteiger partial charge in [-0.3, -0.25) is 4.79 Å². The Balaban J connectivity index is 2.55. The van der Waals surface area contributed by atoms with Crippen molar-refractivity contribution in [2.75, 3.05) is 5.75 Å². The second-order valence-electron chi connectivity index (χ2n) is 4.63. The molecule has 0 fully saturated rings. The predicted molar refractivity (Wildman–Crippen MR) is 74.2 cm³/mol. The zero-order valence-corrected chi connectivity index (χ0v) is 12.1. The van der Waals surface area contributed by atoms with Gasteiger partial charge < -0.3 is 10.4 Å². The summed E-state index contributed by atoms with van der Waals surface area (Å²) in [4.78, 5) is 22.2. The minimum atomic E-state index is -3.41. The number of hydrogen-bond donors (Lipinski definition) is 2. The molecule has 0 aliphatic carbocycles. The van der Waals surface area contributed by atoms with Gasteiger partial charge >= 0.3 is 5.97 Å². The maximum Gasteiger partial charge on any atom is 0.335 e. The van der Waals surface area contributed by atoms with Crippen molar-refractivity contribution >= 4 is 21.7 Å². The number of aromatic carboxylic acids is 1. The van der Waals surface area contributed by atoms with Crippen molar-refractivity contribution in [3.8, 4) is 0 Å². The van der Waals surface area contributed by atoms with Crippen LogP contribution < -0.4 is 5.32 Å². The molecule has 0 saturated heterocycles. The molecular weight excluding hydrogens is 282 g/mol. The van der Waals surface area contributed by atoms with Crippen molar-refractivity contribution in [3.63, 3.8) is 0 Å². The molecule has 2 N–H and O–H groups in total. The number of amides is 1.